The summed E-state index contributed by atoms with van der Waals surface area (Å²) < 4.78 is 32.6. The summed E-state index contributed by atoms with van der Waals surface area (Å²) in [6.07, 6.45) is 0. The first-order chi connectivity index (χ1) is 11.7. The summed E-state index contributed by atoms with van der Waals surface area (Å²) in [6.45, 7) is 9.85. The zero-order chi connectivity index (χ0) is 19.2. The molecule has 7 nitrogen and oxygen atoms in total. The molecule has 0 aromatic heterocycles. The first kappa shape index (κ1) is 24.7. The number of hydrogen-bond acceptors (Lipinski definition) is 5. The van der Waals surface area contributed by atoms with Crippen LogP contribution >= 0.6 is 12.4 Å². The van der Waals surface area contributed by atoms with E-state index in [1.165, 1.54) is 10.4 Å². The summed E-state index contributed by atoms with van der Waals surface area (Å²) in [6, 6.07) is 4.32. The molecule has 0 saturated carbocycles. The van der Waals surface area contributed by atoms with Gasteiger partial charge in [-0.3, -0.25) is 4.79 Å². The number of amides is 1. The molecule has 0 aliphatic rings. The molecule has 2 atom stereocenters. The molecule has 0 heterocycles. The molecule has 0 radical (unpaired) electrons. The third-order valence-electron chi connectivity index (χ3n) is 4.04. The molecule has 1 amide bonds. The molecule has 9 heteroatoms. The molecule has 0 saturated heterocycles. The number of sulfonamides is 1. The van der Waals surface area contributed by atoms with Crippen molar-refractivity contribution in [3.05, 3.63) is 18.2 Å². The van der Waals surface area contributed by atoms with Crippen LogP contribution in [-0.4, -0.2) is 44.4 Å². The summed E-state index contributed by atoms with van der Waals surface area (Å²) in [5, 5.41) is 2.72. The van der Waals surface area contributed by atoms with Gasteiger partial charge in [0.1, 0.15) is 10.6 Å². The van der Waals surface area contributed by atoms with E-state index in [9.17, 15) is 13.2 Å². The normalized spacial score (nSPS) is 13.7. The maximum Gasteiger partial charge on any atom is 0.246 e. The fourth-order valence-electron chi connectivity index (χ4n) is 2.26. The largest absolute Gasteiger partial charge is 0.492 e. The van der Waals surface area contributed by atoms with E-state index < -0.39 is 15.9 Å². The third-order valence-corrected chi connectivity index (χ3v) is 6.11. The van der Waals surface area contributed by atoms with E-state index in [-0.39, 0.29) is 35.0 Å². The monoisotopic (exact) mass is 407 g/mol. The van der Waals surface area contributed by atoms with Gasteiger partial charge in [0.25, 0.3) is 0 Å². The number of nitrogens with zero attached hydrogens (tertiary/aromatic N) is 1. The lowest BCUT2D eigenvalue weighted by Crippen LogP contribution is -2.34. The van der Waals surface area contributed by atoms with Gasteiger partial charge in [0.2, 0.25) is 15.9 Å². The second-order valence-electron chi connectivity index (χ2n) is 5.82. The van der Waals surface area contributed by atoms with Crippen molar-refractivity contribution in [3.8, 4) is 5.75 Å². The van der Waals surface area contributed by atoms with E-state index in [1.54, 1.807) is 46.8 Å². The zero-order valence-electron chi connectivity index (χ0n) is 16.0. The third kappa shape index (κ3) is 5.84. The molecule has 1 rings (SSSR count). The Morgan fingerprint density at radius 3 is 2.27 bits per heavy atom. The minimum absolute atomic E-state index is 0. The van der Waals surface area contributed by atoms with Gasteiger partial charge in [-0.2, -0.15) is 4.31 Å². The molecule has 3 N–H and O–H groups in total. The number of nitrogens with one attached hydrogen (secondary N) is 1. The van der Waals surface area contributed by atoms with Crippen LogP contribution in [0.3, 0.4) is 0 Å². The van der Waals surface area contributed by atoms with Crippen LogP contribution in [0.4, 0.5) is 5.69 Å². The number of rotatable bonds is 9. The Bertz CT molecular complexity index is 691. The van der Waals surface area contributed by atoms with E-state index in [4.69, 9.17) is 10.5 Å². The quantitative estimate of drug-likeness (QED) is 0.654. The van der Waals surface area contributed by atoms with Gasteiger partial charge in [-0.25, -0.2) is 8.42 Å². The smallest absolute Gasteiger partial charge is 0.246 e. The highest BCUT2D eigenvalue weighted by molar-refractivity contribution is 7.89. The summed E-state index contributed by atoms with van der Waals surface area (Å²) in [5.74, 6) is -0.382. The number of carbonyl (C=O) groups excluding carboxylic acids is 1. The Morgan fingerprint density at radius 2 is 1.81 bits per heavy atom. The summed E-state index contributed by atoms with van der Waals surface area (Å²) in [7, 11) is -3.72. The SMILES string of the molecule is CCOc1ccc(NC(=O)C(C)C(C)N)cc1S(=O)(=O)N(CC)CC.Cl. The van der Waals surface area contributed by atoms with Crippen molar-refractivity contribution in [1.82, 2.24) is 4.31 Å². The molecule has 26 heavy (non-hydrogen) atoms. The number of carbonyl (C=O) groups is 1. The van der Waals surface area contributed by atoms with Crippen LogP contribution in [0, 0.1) is 5.92 Å². The van der Waals surface area contributed by atoms with Crippen LogP contribution in [0.5, 0.6) is 5.75 Å². The van der Waals surface area contributed by atoms with Gasteiger partial charge in [0.15, 0.2) is 0 Å². The van der Waals surface area contributed by atoms with Crippen molar-refractivity contribution in [2.45, 2.75) is 45.6 Å². The van der Waals surface area contributed by atoms with Gasteiger partial charge in [-0.1, -0.05) is 20.8 Å². The van der Waals surface area contributed by atoms with Crippen LogP contribution in [0.15, 0.2) is 23.1 Å². The van der Waals surface area contributed by atoms with E-state index in [0.717, 1.165) is 0 Å². The minimum atomic E-state index is -3.72. The second-order valence-corrected chi connectivity index (χ2v) is 7.73. The van der Waals surface area contributed by atoms with Crippen LogP contribution in [0.1, 0.15) is 34.6 Å². The molecule has 150 valence electrons. The molecular formula is C17H30ClN3O4S. The highest BCUT2D eigenvalue weighted by Gasteiger charge is 2.27. The maximum absolute atomic E-state index is 12.9. The van der Waals surface area contributed by atoms with Crippen LogP contribution in [-0.2, 0) is 14.8 Å². The molecule has 2 unspecified atom stereocenters. The van der Waals surface area contributed by atoms with Crippen molar-refractivity contribution in [2.75, 3.05) is 25.0 Å². The Balaban J connectivity index is 0.00000625. The van der Waals surface area contributed by atoms with Crippen molar-refractivity contribution in [3.63, 3.8) is 0 Å². The molecular weight excluding hydrogens is 378 g/mol. The van der Waals surface area contributed by atoms with Gasteiger partial charge in [-0.15, -0.1) is 12.4 Å². The standard InChI is InChI=1S/C17H29N3O4S.ClH/c1-6-20(7-2)25(22,23)16-11-14(9-10-15(16)24-8-3)19-17(21)12(4)13(5)18;/h9-13H,6-8,18H2,1-5H3,(H,19,21);1H. The van der Waals surface area contributed by atoms with Crippen LogP contribution in [0.2, 0.25) is 0 Å². The Kier molecular flexibility index (Phi) is 10.2. The molecule has 0 aliphatic heterocycles. The number of benzene rings is 1. The summed E-state index contributed by atoms with van der Waals surface area (Å²) in [5.41, 5.74) is 6.14. The molecule has 0 bridgehead atoms. The first-order valence-corrected chi connectivity index (χ1v) is 9.96. The maximum atomic E-state index is 12.9. The lowest BCUT2D eigenvalue weighted by atomic mass is 10.0. The average molecular weight is 408 g/mol. The second kappa shape index (κ2) is 10.7. The topological polar surface area (TPSA) is 102 Å². The minimum Gasteiger partial charge on any atom is -0.492 e. The van der Waals surface area contributed by atoms with Crippen molar-refractivity contribution in [1.29, 1.82) is 0 Å². The number of nitrogens with two attached hydrogens (primary N) is 1. The van der Waals surface area contributed by atoms with Crippen LogP contribution in [0.25, 0.3) is 0 Å². The predicted molar refractivity (Wildman–Crippen MR) is 106 cm³/mol. The number of ether oxygens (including phenoxy) is 1. The number of anilines is 1. The highest BCUT2D eigenvalue weighted by Crippen LogP contribution is 2.30. The van der Waals surface area contributed by atoms with E-state index in [2.05, 4.69) is 5.32 Å². The van der Waals surface area contributed by atoms with Crippen molar-refractivity contribution in [2.24, 2.45) is 11.7 Å². The van der Waals surface area contributed by atoms with Gasteiger partial charge in [0.05, 0.1) is 12.5 Å². The first-order valence-electron chi connectivity index (χ1n) is 8.52. The Morgan fingerprint density at radius 1 is 1.23 bits per heavy atom. The van der Waals surface area contributed by atoms with Crippen molar-refractivity contribution >= 4 is 34.0 Å². The van der Waals surface area contributed by atoms with Gasteiger partial charge < -0.3 is 15.8 Å². The van der Waals surface area contributed by atoms with Gasteiger partial charge in [-0.05, 0) is 32.0 Å². The van der Waals surface area contributed by atoms with Gasteiger partial charge in [0, 0.05) is 24.8 Å². The fraction of sp³-hybridized carbons (Fsp3) is 0.588. The predicted octanol–water partition coefficient (Wildman–Crippen LogP) is 2.46. The van der Waals surface area contributed by atoms with Crippen molar-refractivity contribution < 1.29 is 17.9 Å². The molecule has 0 aliphatic carbocycles. The molecule has 0 spiro atoms. The summed E-state index contributed by atoms with van der Waals surface area (Å²) >= 11 is 0. The van der Waals surface area contributed by atoms with Gasteiger partial charge >= 0.3 is 0 Å². The number of hydrogen-bond donors (Lipinski definition) is 2. The summed E-state index contributed by atoms with van der Waals surface area (Å²) in [4.78, 5) is 12.2. The molecule has 1 aromatic carbocycles. The molecule has 0 fully saturated rings. The van der Waals surface area contributed by atoms with Crippen LogP contribution < -0.4 is 15.8 Å². The highest BCUT2D eigenvalue weighted by atomic mass is 35.5. The van der Waals surface area contributed by atoms with E-state index >= 15 is 0 Å². The number of halogens is 1. The lowest BCUT2D eigenvalue weighted by molar-refractivity contribution is -0.119. The Labute approximate surface area is 162 Å². The van der Waals surface area contributed by atoms with E-state index in [0.29, 0.717) is 25.4 Å². The lowest BCUT2D eigenvalue weighted by Gasteiger charge is -2.21. The average Bonchev–Trinajstić information content (AvgIpc) is 2.56. The fourth-order valence-corrected chi connectivity index (χ4v) is 3.87. The molecule has 1 aromatic rings. The zero-order valence-corrected chi connectivity index (χ0v) is 17.6. The van der Waals surface area contributed by atoms with E-state index in [1.807, 2.05) is 0 Å². The Hall–Kier alpha value is -1.35.